The molecule has 5 rings (SSSR count). The fourth-order valence-corrected chi connectivity index (χ4v) is 4.15. The maximum absolute atomic E-state index is 13.3. The van der Waals surface area contributed by atoms with Gasteiger partial charge in [-0.25, -0.2) is 14.3 Å². The average molecular weight is 437 g/mol. The summed E-state index contributed by atoms with van der Waals surface area (Å²) in [5.41, 5.74) is 3.13. The molecule has 8 heteroatoms. The molecule has 2 fully saturated rings. The number of benzene rings is 1. The molecule has 1 aromatic carbocycles. The summed E-state index contributed by atoms with van der Waals surface area (Å²) in [4.78, 5) is 31.4. The van der Waals surface area contributed by atoms with Gasteiger partial charge in [-0.05, 0) is 65.2 Å². The average Bonchev–Trinajstić information content (AvgIpc) is 3.35. The minimum atomic E-state index is -0.661. The molecule has 0 bridgehead atoms. The Balaban J connectivity index is 1.77. The molecule has 3 aromatic rings. The highest BCUT2D eigenvalue weighted by molar-refractivity contribution is 6.11. The summed E-state index contributed by atoms with van der Waals surface area (Å²) < 4.78 is 18.1. The number of Topliss-reactive ketones (excluding diaryl/α,β-unsaturated/α-hetero) is 1. The predicted molar refractivity (Wildman–Crippen MR) is 117 cm³/mol. The molecule has 0 radical (unpaired) electrons. The zero-order valence-corrected chi connectivity index (χ0v) is 19.0. The molecule has 8 nitrogen and oxygen atoms in total. The third-order valence-corrected chi connectivity index (χ3v) is 5.88. The van der Waals surface area contributed by atoms with Crippen LogP contribution in [0.15, 0.2) is 16.7 Å². The Bertz CT molecular complexity index is 1220. The van der Waals surface area contributed by atoms with Gasteiger partial charge in [0.15, 0.2) is 5.78 Å². The Morgan fingerprint density at radius 1 is 1.16 bits per heavy atom. The van der Waals surface area contributed by atoms with Crippen molar-refractivity contribution in [3.05, 3.63) is 35.0 Å². The monoisotopic (exact) mass is 437 g/mol. The minimum absolute atomic E-state index is 0.119. The molecule has 0 spiro atoms. The van der Waals surface area contributed by atoms with Crippen LogP contribution in [0.2, 0.25) is 0 Å². The molecule has 1 atom stereocenters. The maximum atomic E-state index is 13.3. The van der Waals surface area contributed by atoms with E-state index in [1.54, 1.807) is 4.57 Å². The standard InChI is InChI=1S/C24H27N3O5/c1-12-19(13(2)32-26-12)15-10-16(21(28)18-8-9-30-18)20-17(11-15)27(22(25-20)14-6-7-14)23(29)31-24(3,4)5/h10-11,14,18H,6-9H2,1-5H3. The third kappa shape index (κ3) is 3.52. The Morgan fingerprint density at radius 3 is 2.41 bits per heavy atom. The Kier molecular flexibility index (Phi) is 4.74. The molecule has 2 aromatic heterocycles. The first-order valence-corrected chi connectivity index (χ1v) is 11.0. The van der Waals surface area contributed by atoms with Crippen LogP contribution in [0, 0.1) is 13.8 Å². The van der Waals surface area contributed by atoms with Crippen molar-refractivity contribution < 1.29 is 23.6 Å². The number of rotatable bonds is 4. The van der Waals surface area contributed by atoms with E-state index in [9.17, 15) is 9.59 Å². The van der Waals surface area contributed by atoms with Crippen molar-refractivity contribution in [3.8, 4) is 11.1 Å². The number of hydrogen-bond donors (Lipinski definition) is 0. The van der Waals surface area contributed by atoms with Crippen molar-refractivity contribution >= 4 is 22.9 Å². The van der Waals surface area contributed by atoms with Crippen LogP contribution in [0.3, 0.4) is 0 Å². The number of imidazole rings is 1. The number of ether oxygens (including phenoxy) is 2. The number of carbonyl (C=O) groups is 2. The minimum Gasteiger partial charge on any atom is -0.443 e. The maximum Gasteiger partial charge on any atom is 0.420 e. The first-order chi connectivity index (χ1) is 15.1. The number of ketones is 1. The quantitative estimate of drug-likeness (QED) is 0.533. The van der Waals surface area contributed by atoms with Gasteiger partial charge in [-0.2, -0.15) is 0 Å². The van der Waals surface area contributed by atoms with Gasteiger partial charge in [0.25, 0.3) is 0 Å². The summed E-state index contributed by atoms with van der Waals surface area (Å²) in [6.45, 7) is 9.75. The molecule has 0 N–H and O–H groups in total. The van der Waals surface area contributed by atoms with Gasteiger partial charge in [0, 0.05) is 23.5 Å². The molecule has 1 unspecified atom stereocenters. The highest BCUT2D eigenvalue weighted by Gasteiger charge is 2.36. The SMILES string of the molecule is Cc1noc(C)c1-c1cc(C(=O)C2CCO2)c2nc(C3CC3)n(C(=O)OC(C)(C)C)c2c1. The molecule has 0 amide bonds. The number of carbonyl (C=O) groups excluding carboxylic acids is 2. The van der Waals surface area contributed by atoms with Crippen LogP contribution in [0.1, 0.15) is 73.6 Å². The lowest BCUT2D eigenvalue weighted by molar-refractivity contribution is -0.0318. The second-order valence-corrected chi connectivity index (χ2v) is 9.66. The summed E-state index contributed by atoms with van der Waals surface area (Å²) in [5, 5.41) is 4.06. The molecule has 32 heavy (non-hydrogen) atoms. The second-order valence-electron chi connectivity index (χ2n) is 9.66. The Morgan fingerprint density at radius 2 is 1.88 bits per heavy atom. The molecular weight excluding hydrogens is 410 g/mol. The summed E-state index contributed by atoms with van der Waals surface area (Å²) in [6, 6.07) is 3.70. The molecule has 2 aliphatic rings. The van der Waals surface area contributed by atoms with Gasteiger partial charge in [-0.3, -0.25) is 4.79 Å². The van der Waals surface area contributed by atoms with Gasteiger partial charge in [0.05, 0.1) is 17.8 Å². The van der Waals surface area contributed by atoms with E-state index in [4.69, 9.17) is 19.0 Å². The molecular formula is C24H27N3O5. The summed E-state index contributed by atoms with van der Waals surface area (Å²) in [5.74, 6) is 1.35. The van der Waals surface area contributed by atoms with Gasteiger partial charge in [-0.1, -0.05) is 5.16 Å². The van der Waals surface area contributed by atoms with Crippen LogP contribution in [0.4, 0.5) is 4.79 Å². The molecule has 1 saturated heterocycles. The Hall–Kier alpha value is -3.00. The Labute approximate surface area is 185 Å². The normalized spacial score (nSPS) is 18.6. The largest absolute Gasteiger partial charge is 0.443 e. The highest BCUT2D eigenvalue weighted by Crippen LogP contribution is 2.42. The van der Waals surface area contributed by atoms with E-state index in [1.807, 2.05) is 46.8 Å². The van der Waals surface area contributed by atoms with Gasteiger partial charge in [0.1, 0.15) is 28.8 Å². The molecule has 1 aliphatic carbocycles. The van der Waals surface area contributed by atoms with Crippen LogP contribution in [0.5, 0.6) is 0 Å². The zero-order valence-electron chi connectivity index (χ0n) is 19.0. The van der Waals surface area contributed by atoms with Crippen LogP contribution in [0.25, 0.3) is 22.2 Å². The van der Waals surface area contributed by atoms with Crippen LogP contribution in [-0.2, 0) is 9.47 Å². The van der Waals surface area contributed by atoms with Crippen molar-refractivity contribution in [1.82, 2.24) is 14.7 Å². The smallest absolute Gasteiger partial charge is 0.420 e. The third-order valence-electron chi connectivity index (χ3n) is 5.88. The lowest BCUT2D eigenvalue weighted by Gasteiger charge is -2.25. The van der Waals surface area contributed by atoms with Gasteiger partial charge < -0.3 is 14.0 Å². The van der Waals surface area contributed by atoms with Gasteiger partial charge >= 0.3 is 6.09 Å². The van der Waals surface area contributed by atoms with Gasteiger partial charge in [0.2, 0.25) is 0 Å². The van der Waals surface area contributed by atoms with E-state index in [2.05, 4.69) is 5.16 Å². The summed E-state index contributed by atoms with van der Waals surface area (Å²) in [6.07, 6.45) is 1.62. The first-order valence-electron chi connectivity index (χ1n) is 11.0. The highest BCUT2D eigenvalue weighted by atomic mass is 16.6. The molecule has 168 valence electrons. The zero-order chi connectivity index (χ0) is 22.8. The van der Waals surface area contributed by atoms with Crippen molar-refractivity contribution in [3.63, 3.8) is 0 Å². The van der Waals surface area contributed by atoms with Crippen molar-refractivity contribution in [2.24, 2.45) is 0 Å². The van der Waals surface area contributed by atoms with E-state index in [0.29, 0.717) is 46.9 Å². The first kappa shape index (κ1) is 20.9. The fourth-order valence-electron chi connectivity index (χ4n) is 4.15. The molecule has 1 saturated carbocycles. The van der Waals surface area contributed by atoms with E-state index in [0.717, 1.165) is 24.0 Å². The van der Waals surface area contributed by atoms with Gasteiger partial charge in [-0.15, -0.1) is 0 Å². The topological polar surface area (TPSA) is 96.5 Å². The lowest BCUT2D eigenvalue weighted by atomic mass is 9.95. The fraction of sp³-hybridized carbons (Fsp3) is 0.500. The summed E-state index contributed by atoms with van der Waals surface area (Å²) in [7, 11) is 0. The van der Waals surface area contributed by atoms with E-state index in [-0.39, 0.29) is 11.7 Å². The molecule has 3 heterocycles. The van der Waals surface area contributed by atoms with E-state index >= 15 is 0 Å². The predicted octanol–water partition coefficient (Wildman–Crippen LogP) is 4.94. The van der Waals surface area contributed by atoms with Crippen LogP contribution >= 0.6 is 0 Å². The number of aryl methyl sites for hydroxylation is 2. The van der Waals surface area contributed by atoms with Crippen LogP contribution < -0.4 is 0 Å². The van der Waals surface area contributed by atoms with E-state index < -0.39 is 17.8 Å². The molecule has 1 aliphatic heterocycles. The van der Waals surface area contributed by atoms with Crippen molar-refractivity contribution in [2.45, 2.75) is 71.5 Å². The number of hydrogen-bond acceptors (Lipinski definition) is 7. The summed E-state index contributed by atoms with van der Waals surface area (Å²) >= 11 is 0. The second kappa shape index (κ2) is 7.27. The van der Waals surface area contributed by atoms with E-state index in [1.165, 1.54) is 0 Å². The number of nitrogens with zero attached hydrogens (tertiary/aromatic N) is 3. The number of fused-ring (bicyclic) bond motifs is 1. The van der Waals surface area contributed by atoms with Crippen LogP contribution in [-0.4, -0.2) is 44.9 Å². The lowest BCUT2D eigenvalue weighted by Crippen LogP contribution is -2.35. The van der Waals surface area contributed by atoms with Crippen molar-refractivity contribution in [2.75, 3.05) is 6.61 Å². The van der Waals surface area contributed by atoms with Crippen molar-refractivity contribution in [1.29, 1.82) is 0 Å². The number of aromatic nitrogens is 3.